The zero-order valence-corrected chi connectivity index (χ0v) is 19.1. The summed E-state index contributed by atoms with van der Waals surface area (Å²) in [6.45, 7) is 8.56. The summed E-state index contributed by atoms with van der Waals surface area (Å²) in [4.78, 5) is 40.6. The number of aromatic nitrogens is 2. The summed E-state index contributed by atoms with van der Waals surface area (Å²) in [5.74, 6) is -0.447. The smallest absolute Gasteiger partial charge is 0.275 e. The molecule has 0 spiro atoms. The molecule has 2 aromatic carbocycles. The second kappa shape index (κ2) is 10.2. The van der Waals surface area contributed by atoms with E-state index in [1.54, 1.807) is 24.3 Å². The number of carbonyl (C=O) groups excluding carboxylic acids is 2. The van der Waals surface area contributed by atoms with Crippen LogP contribution in [-0.4, -0.2) is 39.6 Å². The van der Waals surface area contributed by atoms with Gasteiger partial charge in [0.05, 0.1) is 5.39 Å². The first-order valence-electron chi connectivity index (χ1n) is 11.0. The fraction of sp³-hybridized carbons (Fsp3) is 0.360. The van der Waals surface area contributed by atoms with Crippen molar-refractivity contribution in [3.8, 4) is 0 Å². The molecule has 0 saturated carbocycles. The standard InChI is InChI=1S/C25H30N4O3/c1-5-14-28(16-22(30)26-21-13-9-6-10-18(21)4)25(32)23-19-11-7-8-12-20(19)24(31)29(27-23)15-17(2)3/h6-13,17H,5,14-16H2,1-4H3,(H,26,30). The maximum absolute atomic E-state index is 13.5. The van der Waals surface area contributed by atoms with Gasteiger partial charge in [-0.15, -0.1) is 0 Å². The van der Waals surface area contributed by atoms with Gasteiger partial charge in [-0.05, 0) is 37.0 Å². The molecule has 32 heavy (non-hydrogen) atoms. The second-order valence-corrected chi connectivity index (χ2v) is 8.37. The third kappa shape index (κ3) is 5.22. The number of nitrogens with one attached hydrogen (secondary N) is 1. The molecule has 0 fully saturated rings. The van der Waals surface area contributed by atoms with Crippen molar-refractivity contribution in [3.05, 3.63) is 70.1 Å². The van der Waals surface area contributed by atoms with Crippen LogP contribution in [-0.2, 0) is 11.3 Å². The predicted octanol–water partition coefficient (Wildman–Crippen LogP) is 3.85. The van der Waals surface area contributed by atoms with Crippen LogP contribution in [0.5, 0.6) is 0 Å². The van der Waals surface area contributed by atoms with Crippen LogP contribution in [0.3, 0.4) is 0 Å². The molecule has 3 aromatic rings. The topological polar surface area (TPSA) is 84.3 Å². The van der Waals surface area contributed by atoms with Gasteiger partial charge in [0, 0.05) is 24.2 Å². The van der Waals surface area contributed by atoms with Crippen molar-refractivity contribution in [1.82, 2.24) is 14.7 Å². The molecule has 0 saturated heterocycles. The maximum atomic E-state index is 13.5. The molecule has 0 aliphatic heterocycles. The van der Waals surface area contributed by atoms with Crippen molar-refractivity contribution >= 4 is 28.3 Å². The summed E-state index contributed by atoms with van der Waals surface area (Å²) in [5, 5.41) is 8.26. The highest BCUT2D eigenvalue weighted by atomic mass is 16.2. The fourth-order valence-corrected chi connectivity index (χ4v) is 3.61. The van der Waals surface area contributed by atoms with Gasteiger partial charge < -0.3 is 10.2 Å². The number of para-hydroxylation sites is 1. The van der Waals surface area contributed by atoms with E-state index in [9.17, 15) is 14.4 Å². The highest BCUT2D eigenvalue weighted by Crippen LogP contribution is 2.17. The lowest BCUT2D eigenvalue weighted by molar-refractivity contribution is -0.116. The van der Waals surface area contributed by atoms with E-state index in [-0.39, 0.29) is 35.5 Å². The summed E-state index contributed by atoms with van der Waals surface area (Å²) in [6, 6.07) is 14.5. The molecule has 2 amide bonds. The largest absolute Gasteiger partial charge is 0.328 e. The number of benzene rings is 2. The number of rotatable bonds is 8. The Balaban J connectivity index is 1.95. The van der Waals surface area contributed by atoms with E-state index in [2.05, 4.69) is 10.4 Å². The Hall–Kier alpha value is -3.48. The van der Waals surface area contributed by atoms with Crippen molar-refractivity contribution in [1.29, 1.82) is 0 Å². The van der Waals surface area contributed by atoms with Crippen molar-refractivity contribution < 1.29 is 9.59 Å². The van der Waals surface area contributed by atoms with Gasteiger partial charge in [0.2, 0.25) is 5.91 Å². The quantitative estimate of drug-likeness (QED) is 0.584. The Bertz CT molecular complexity index is 1180. The molecule has 7 heteroatoms. The predicted molar refractivity (Wildman–Crippen MR) is 127 cm³/mol. The van der Waals surface area contributed by atoms with Gasteiger partial charge in [0.1, 0.15) is 6.54 Å². The van der Waals surface area contributed by atoms with E-state index in [1.807, 2.05) is 52.0 Å². The lowest BCUT2D eigenvalue weighted by Crippen LogP contribution is -2.40. The normalized spacial score (nSPS) is 11.0. The van der Waals surface area contributed by atoms with E-state index in [1.165, 1.54) is 9.58 Å². The highest BCUT2D eigenvalue weighted by molar-refractivity contribution is 6.06. The van der Waals surface area contributed by atoms with Crippen molar-refractivity contribution in [2.45, 2.75) is 40.7 Å². The van der Waals surface area contributed by atoms with Gasteiger partial charge in [-0.3, -0.25) is 14.4 Å². The first kappa shape index (κ1) is 23.2. The SMILES string of the molecule is CCCN(CC(=O)Nc1ccccc1C)C(=O)c1nn(CC(C)C)c(=O)c2ccccc12. The number of hydrogen-bond acceptors (Lipinski definition) is 4. The lowest BCUT2D eigenvalue weighted by Gasteiger charge is -2.22. The van der Waals surface area contributed by atoms with E-state index in [0.717, 1.165) is 11.3 Å². The van der Waals surface area contributed by atoms with Gasteiger partial charge in [-0.2, -0.15) is 5.10 Å². The summed E-state index contributed by atoms with van der Waals surface area (Å²) >= 11 is 0. The Morgan fingerprint density at radius 1 is 1.06 bits per heavy atom. The number of aryl methyl sites for hydroxylation is 1. The minimum atomic E-state index is -0.361. The second-order valence-electron chi connectivity index (χ2n) is 8.37. The number of amides is 2. The van der Waals surface area contributed by atoms with Crippen LogP contribution in [0.15, 0.2) is 53.3 Å². The van der Waals surface area contributed by atoms with E-state index >= 15 is 0 Å². The summed E-state index contributed by atoms with van der Waals surface area (Å²) in [7, 11) is 0. The number of nitrogens with zero attached hydrogens (tertiary/aromatic N) is 3. The highest BCUT2D eigenvalue weighted by Gasteiger charge is 2.24. The third-order valence-electron chi connectivity index (χ3n) is 5.14. The molecule has 0 aliphatic carbocycles. The van der Waals surface area contributed by atoms with Gasteiger partial charge in [-0.25, -0.2) is 4.68 Å². The van der Waals surface area contributed by atoms with Crippen LogP contribution in [0.2, 0.25) is 0 Å². The Morgan fingerprint density at radius 2 is 1.72 bits per heavy atom. The molecule has 1 aromatic heterocycles. The van der Waals surface area contributed by atoms with Crippen LogP contribution in [0.4, 0.5) is 5.69 Å². The van der Waals surface area contributed by atoms with Gasteiger partial charge in [0.15, 0.2) is 5.69 Å². The Morgan fingerprint density at radius 3 is 2.38 bits per heavy atom. The third-order valence-corrected chi connectivity index (χ3v) is 5.14. The van der Waals surface area contributed by atoms with Crippen LogP contribution in [0.25, 0.3) is 10.8 Å². The van der Waals surface area contributed by atoms with Crippen LogP contribution < -0.4 is 10.9 Å². The Labute approximate surface area is 188 Å². The molecular weight excluding hydrogens is 404 g/mol. The number of hydrogen-bond donors (Lipinski definition) is 1. The minimum absolute atomic E-state index is 0.0969. The molecule has 168 valence electrons. The van der Waals surface area contributed by atoms with E-state index in [4.69, 9.17) is 0 Å². The summed E-state index contributed by atoms with van der Waals surface area (Å²) < 4.78 is 1.36. The zero-order chi connectivity index (χ0) is 23.3. The Kier molecular flexibility index (Phi) is 7.41. The molecule has 0 bridgehead atoms. The van der Waals surface area contributed by atoms with Crippen molar-refractivity contribution in [3.63, 3.8) is 0 Å². The van der Waals surface area contributed by atoms with Gasteiger partial charge >= 0.3 is 0 Å². The van der Waals surface area contributed by atoms with Gasteiger partial charge in [0.25, 0.3) is 11.5 Å². The monoisotopic (exact) mass is 434 g/mol. The minimum Gasteiger partial charge on any atom is -0.328 e. The zero-order valence-electron chi connectivity index (χ0n) is 19.1. The molecule has 7 nitrogen and oxygen atoms in total. The number of carbonyl (C=O) groups is 2. The molecule has 0 unspecified atom stereocenters. The first-order chi connectivity index (χ1) is 15.3. The van der Waals surface area contributed by atoms with Crippen LogP contribution >= 0.6 is 0 Å². The van der Waals surface area contributed by atoms with Gasteiger partial charge in [-0.1, -0.05) is 57.2 Å². The first-order valence-corrected chi connectivity index (χ1v) is 11.0. The van der Waals surface area contributed by atoms with Crippen LogP contribution in [0, 0.1) is 12.8 Å². The summed E-state index contributed by atoms with van der Waals surface area (Å²) in [5.41, 5.74) is 1.64. The number of anilines is 1. The number of fused-ring (bicyclic) bond motifs is 1. The molecule has 1 heterocycles. The lowest BCUT2D eigenvalue weighted by atomic mass is 10.1. The van der Waals surface area contributed by atoms with E-state index < -0.39 is 0 Å². The molecule has 0 radical (unpaired) electrons. The average Bonchev–Trinajstić information content (AvgIpc) is 2.76. The molecule has 0 atom stereocenters. The van der Waals surface area contributed by atoms with E-state index in [0.29, 0.717) is 30.3 Å². The maximum Gasteiger partial charge on any atom is 0.275 e. The summed E-state index contributed by atoms with van der Waals surface area (Å²) in [6.07, 6.45) is 0.687. The van der Waals surface area contributed by atoms with Crippen LogP contribution in [0.1, 0.15) is 43.2 Å². The molecule has 3 rings (SSSR count). The molecule has 0 aliphatic rings. The molecule has 1 N–H and O–H groups in total. The molecular formula is C25H30N4O3. The van der Waals surface area contributed by atoms with Crippen molar-refractivity contribution in [2.75, 3.05) is 18.4 Å². The average molecular weight is 435 g/mol. The fourth-order valence-electron chi connectivity index (χ4n) is 3.61. The van der Waals surface area contributed by atoms with Crippen molar-refractivity contribution in [2.24, 2.45) is 5.92 Å².